The van der Waals surface area contributed by atoms with E-state index in [2.05, 4.69) is 31.2 Å². The van der Waals surface area contributed by atoms with Crippen molar-refractivity contribution in [3.05, 3.63) is 51.4 Å². The molecule has 0 bridgehead atoms. The summed E-state index contributed by atoms with van der Waals surface area (Å²) in [5.74, 6) is -0.128. The molecule has 0 unspecified atom stereocenters. The lowest BCUT2D eigenvalue weighted by atomic mass is 9.91. The molecule has 1 fully saturated rings. The topological polar surface area (TPSA) is 62.2 Å². The Kier molecular flexibility index (Phi) is 5.63. The summed E-state index contributed by atoms with van der Waals surface area (Å²) in [5.41, 5.74) is 5.52. The Morgan fingerprint density at radius 3 is 2.65 bits per heavy atom. The molecule has 2 aliphatic heterocycles. The normalized spacial score (nSPS) is 18.9. The van der Waals surface area contributed by atoms with Crippen LogP contribution in [0.3, 0.4) is 0 Å². The molecule has 1 aromatic heterocycles. The number of aryl methyl sites for hydroxylation is 2. The minimum atomic E-state index is -0.108. The van der Waals surface area contributed by atoms with Crippen molar-refractivity contribution in [2.24, 2.45) is 4.99 Å². The number of anilines is 1. The maximum atomic E-state index is 13.2. The minimum absolute atomic E-state index is 0.0206. The van der Waals surface area contributed by atoms with E-state index < -0.39 is 0 Å². The number of fused-ring (bicyclic) bond motifs is 3. The number of hydrogen-bond acceptors (Lipinski definition) is 5. The van der Waals surface area contributed by atoms with Crippen LogP contribution in [0.4, 0.5) is 5.00 Å². The van der Waals surface area contributed by atoms with Crippen molar-refractivity contribution >= 4 is 33.9 Å². The largest absolute Gasteiger partial charge is 0.378 e. The summed E-state index contributed by atoms with van der Waals surface area (Å²) in [6, 6.07) is 8.35. The summed E-state index contributed by atoms with van der Waals surface area (Å²) < 4.78 is 5.37. The number of rotatable bonds is 3. The van der Waals surface area contributed by atoms with E-state index in [9.17, 15) is 9.59 Å². The van der Waals surface area contributed by atoms with Crippen molar-refractivity contribution in [2.75, 3.05) is 44.3 Å². The first-order chi connectivity index (χ1) is 15.1. The van der Waals surface area contributed by atoms with Gasteiger partial charge in [-0.15, -0.1) is 11.3 Å². The van der Waals surface area contributed by atoms with Crippen LogP contribution in [0.1, 0.15) is 40.0 Å². The highest BCUT2D eigenvalue weighted by Gasteiger charge is 2.34. The lowest BCUT2D eigenvalue weighted by molar-refractivity contribution is -0.134. The molecule has 1 aromatic carbocycles. The Bertz CT molecular complexity index is 1040. The minimum Gasteiger partial charge on any atom is -0.378 e. The third-order valence-electron chi connectivity index (χ3n) is 6.29. The van der Waals surface area contributed by atoms with E-state index in [0.717, 1.165) is 41.1 Å². The highest BCUT2D eigenvalue weighted by molar-refractivity contribution is 7.17. The van der Waals surface area contributed by atoms with Crippen LogP contribution in [0.25, 0.3) is 0 Å². The van der Waals surface area contributed by atoms with E-state index in [-0.39, 0.29) is 24.9 Å². The fourth-order valence-electron chi connectivity index (χ4n) is 4.57. The van der Waals surface area contributed by atoms with Crippen LogP contribution in [-0.4, -0.2) is 61.8 Å². The average Bonchev–Trinajstić information content (AvgIpc) is 3.12. The van der Waals surface area contributed by atoms with Gasteiger partial charge in [0, 0.05) is 29.1 Å². The van der Waals surface area contributed by atoms with Gasteiger partial charge in [-0.1, -0.05) is 29.8 Å². The number of benzene rings is 1. The number of ether oxygens (including phenoxy) is 1. The molecular formula is C24H27N3O3S. The smallest absolute Gasteiger partial charge is 0.249 e. The lowest BCUT2D eigenvalue weighted by Gasteiger charge is -2.29. The van der Waals surface area contributed by atoms with Crippen LogP contribution in [0, 0.1) is 6.92 Å². The standard InChI is InChI=1S/C24H27N3O3S/c1-16-6-8-17(9-7-16)23-22-18-4-2-3-5-19(18)31-24(22)27(20(28)14-25-23)15-21(29)26-10-12-30-13-11-26/h6-9H,2-5,10-15H2,1H3. The monoisotopic (exact) mass is 437 g/mol. The number of carbonyl (C=O) groups excluding carboxylic acids is 2. The van der Waals surface area contributed by atoms with E-state index in [1.54, 1.807) is 21.1 Å². The average molecular weight is 438 g/mol. The highest BCUT2D eigenvalue weighted by Crippen LogP contribution is 2.42. The zero-order valence-corrected chi connectivity index (χ0v) is 18.7. The van der Waals surface area contributed by atoms with Crippen molar-refractivity contribution in [3.63, 3.8) is 0 Å². The summed E-state index contributed by atoms with van der Waals surface area (Å²) in [4.78, 5) is 35.8. The van der Waals surface area contributed by atoms with Gasteiger partial charge in [-0.2, -0.15) is 0 Å². The second-order valence-electron chi connectivity index (χ2n) is 8.39. The van der Waals surface area contributed by atoms with Crippen LogP contribution >= 0.6 is 11.3 Å². The van der Waals surface area contributed by atoms with Gasteiger partial charge in [0.2, 0.25) is 11.8 Å². The molecule has 0 saturated carbocycles. The van der Waals surface area contributed by atoms with Gasteiger partial charge < -0.3 is 9.64 Å². The number of morpholine rings is 1. The van der Waals surface area contributed by atoms with Gasteiger partial charge in [0.15, 0.2) is 0 Å². The highest BCUT2D eigenvalue weighted by atomic mass is 32.1. The first kappa shape index (κ1) is 20.4. The molecule has 31 heavy (non-hydrogen) atoms. The molecule has 0 radical (unpaired) electrons. The molecule has 2 amide bonds. The number of amides is 2. The maximum absolute atomic E-state index is 13.2. The molecule has 3 aliphatic rings. The molecule has 5 rings (SSSR count). The molecule has 0 spiro atoms. The molecule has 7 heteroatoms. The second-order valence-corrected chi connectivity index (χ2v) is 9.48. The maximum Gasteiger partial charge on any atom is 0.249 e. The van der Waals surface area contributed by atoms with Gasteiger partial charge in [-0.05, 0) is 38.2 Å². The van der Waals surface area contributed by atoms with Crippen molar-refractivity contribution in [1.29, 1.82) is 0 Å². The summed E-state index contributed by atoms with van der Waals surface area (Å²) in [6.45, 7) is 4.48. The number of hydrogen-bond donors (Lipinski definition) is 0. The summed E-state index contributed by atoms with van der Waals surface area (Å²) in [7, 11) is 0. The van der Waals surface area contributed by atoms with Gasteiger partial charge in [-0.3, -0.25) is 19.5 Å². The van der Waals surface area contributed by atoms with Crippen molar-refractivity contribution < 1.29 is 14.3 Å². The second kappa shape index (κ2) is 8.55. The van der Waals surface area contributed by atoms with E-state index >= 15 is 0 Å². The zero-order chi connectivity index (χ0) is 21.4. The Morgan fingerprint density at radius 2 is 1.87 bits per heavy atom. The van der Waals surface area contributed by atoms with Crippen LogP contribution in [0.5, 0.6) is 0 Å². The summed E-state index contributed by atoms with van der Waals surface area (Å²) in [6.07, 6.45) is 4.36. The van der Waals surface area contributed by atoms with Gasteiger partial charge in [0.25, 0.3) is 0 Å². The first-order valence-corrected chi connectivity index (χ1v) is 11.9. The third kappa shape index (κ3) is 3.92. The van der Waals surface area contributed by atoms with E-state index in [4.69, 9.17) is 9.73 Å². The van der Waals surface area contributed by atoms with Crippen LogP contribution < -0.4 is 4.90 Å². The SMILES string of the molecule is Cc1ccc(C2=NCC(=O)N(CC(=O)N3CCOCC3)c3sc4c(c32)CCCC4)cc1. The van der Waals surface area contributed by atoms with E-state index in [1.807, 2.05) is 0 Å². The molecule has 1 aliphatic carbocycles. The Labute approximate surface area is 186 Å². The molecule has 2 aromatic rings. The lowest BCUT2D eigenvalue weighted by Crippen LogP contribution is -2.47. The fourth-order valence-corrected chi connectivity index (χ4v) is 5.97. The van der Waals surface area contributed by atoms with Crippen molar-refractivity contribution in [2.45, 2.75) is 32.6 Å². The molecule has 1 saturated heterocycles. The molecular weight excluding hydrogens is 410 g/mol. The third-order valence-corrected chi connectivity index (χ3v) is 7.61. The molecule has 0 N–H and O–H groups in total. The Hall–Kier alpha value is -2.51. The first-order valence-electron chi connectivity index (χ1n) is 11.0. The van der Waals surface area contributed by atoms with Gasteiger partial charge >= 0.3 is 0 Å². The zero-order valence-electron chi connectivity index (χ0n) is 17.9. The fraction of sp³-hybridized carbons (Fsp3) is 0.458. The summed E-state index contributed by atoms with van der Waals surface area (Å²) in [5, 5.41) is 0.898. The van der Waals surface area contributed by atoms with E-state index in [1.165, 1.54) is 22.4 Å². The molecule has 0 atom stereocenters. The van der Waals surface area contributed by atoms with Crippen molar-refractivity contribution in [1.82, 2.24) is 4.90 Å². The van der Waals surface area contributed by atoms with Crippen LogP contribution in [0.15, 0.2) is 29.3 Å². The number of carbonyl (C=O) groups is 2. The van der Waals surface area contributed by atoms with Gasteiger partial charge in [0.05, 0.1) is 18.9 Å². The number of aliphatic imine (C=N–C) groups is 1. The van der Waals surface area contributed by atoms with Crippen LogP contribution in [-0.2, 0) is 27.2 Å². The summed E-state index contributed by atoms with van der Waals surface area (Å²) >= 11 is 1.68. The predicted molar refractivity (Wildman–Crippen MR) is 122 cm³/mol. The number of nitrogens with zero attached hydrogens (tertiary/aromatic N) is 3. The number of thiophene rings is 1. The molecule has 6 nitrogen and oxygen atoms in total. The molecule has 3 heterocycles. The van der Waals surface area contributed by atoms with Crippen LogP contribution in [0.2, 0.25) is 0 Å². The van der Waals surface area contributed by atoms with Crippen molar-refractivity contribution in [3.8, 4) is 0 Å². The van der Waals surface area contributed by atoms with E-state index in [0.29, 0.717) is 26.3 Å². The van der Waals surface area contributed by atoms with Gasteiger partial charge in [0.1, 0.15) is 18.1 Å². The van der Waals surface area contributed by atoms with Gasteiger partial charge in [-0.25, -0.2) is 0 Å². The Balaban J connectivity index is 1.56. The quantitative estimate of drug-likeness (QED) is 0.742. The Morgan fingerprint density at radius 1 is 1.13 bits per heavy atom. The molecule has 162 valence electrons. The predicted octanol–water partition coefficient (Wildman–Crippen LogP) is 2.98.